The van der Waals surface area contributed by atoms with E-state index in [0.29, 0.717) is 33.0 Å². The maximum Gasteiger partial charge on any atom is 0.243 e. The minimum atomic E-state index is -0.735. The molecule has 0 saturated carbocycles. The Morgan fingerprint density at radius 1 is 1.12 bits per heavy atom. The predicted molar refractivity (Wildman–Crippen MR) is 97.0 cm³/mol. The minimum Gasteiger partial charge on any atom is -0.382 e. The van der Waals surface area contributed by atoms with Gasteiger partial charge in [-0.1, -0.05) is 0 Å². The van der Waals surface area contributed by atoms with Gasteiger partial charge in [0, 0.05) is 26.7 Å². The molecule has 26 heavy (non-hydrogen) atoms. The summed E-state index contributed by atoms with van der Waals surface area (Å²) in [5.41, 5.74) is 7.30. The van der Waals surface area contributed by atoms with Crippen molar-refractivity contribution in [1.82, 2.24) is 10.8 Å². The molecule has 0 aliphatic carbocycles. The van der Waals surface area contributed by atoms with Crippen LogP contribution in [0.1, 0.15) is 39.5 Å². The summed E-state index contributed by atoms with van der Waals surface area (Å²) >= 11 is 0. The van der Waals surface area contributed by atoms with Crippen LogP contribution in [0.5, 0.6) is 0 Å². The number of hydrogen-bond acceptors (Lipinski definition) is 8. The van der Waals surface area contributed by atoms with E-state index < -0.39 is 18.0 Å². The van der Waals surface area contributed by atoms with E-state index in [2.05, 4.69) is 5.32 Å². The molecule has 0 aromatic carbocycles. The first kappa shape index (κ1) is 24.9. The number of amides is 1. The lowest BCUT2D eigenvalue weighted by atomic mass is 10.0. The highest BCUT2D eigenvalue weighted by molar-refractivity contribution is 5.89. The highest BCUT2D eigenvalue weighted by Gasteiger charge is 2.20. The van der Waals surface area contributed by atoms with Gasteiger partial charge in [0.15, 0.2) is 5.78 Å². The fourth-order valence-corrected chi connectivity index (χ4v) is 2.18. The number of ketones is 1. The lowest BCUT2D eigenvalue weighted by molar-refractivity contribution is -0.129. The zero-order chi connectivity index (χ0) is 19.8. The summed E-state index contributed by atoms with van der Waals surface area (Å²) in [6.45, 7) is 6.82. The van der Waals surface area contributed by atoms with E-state index in [0.717, 1.165) is 12.8 Å². The molecule has 1 amide bonds. The van der Waals surface area contributed by atoms with Crippen LogP contribution in [0.4, 0.5) is 0 Å². The van der Waals surface area contributed by atoms with E-state index in [4.69, 9.17) is 25.2 Å². The highest BCUT2D eigenvalue weighted by atomic mass is 16.5. The third-order valence-electron chi connectivity index (χ3n) is 3.87. The molecule has 0 fully saturated rings. The van der Waals surface area contributed by atoms with E-state index in [9.17, 15) is 9.59 Å². The van der Waals surface area contributed by atoms with Crippen LogP contribution in [-0.4, -0.2) is 75.2 Å². The lowest BCUT2D eigenvalue weighted by Gasteiger charge is -2.19. The Hall–Kier alpha value is -1.10. The molecule has 5 N–H and O–H groups in total. The van der Waals surface area contributed by atoms with Crippen LogP contribution in [0.25, 0.3) is 0 Å². The fraction of sp³-hybridized carbons (Fsp3) is 0.882. The molecule has 3 atom stereocenters. The Morgan fingerprint density at radius 3 is 2.50 bits per heavy atom. The number of rotatable bonds is 17. The van der Waals surface area contributed by atoms with Crippen LogP contribution in [0.15, 0.2) is 0 Å². The van der Waals surface area contributed by atoms with Gasteiger partial charge in [-0.2, -0.15) is 0 Å². The van der Waals surface area contributed by atoms with Gasteiger partial charge < -0.3 is 25.3 Å². The number of Topliss-reactive ketones (excluding diaryl/α,β-unsaturated/α-hetero) is 1. The summed E-state index contributed by atoms with van der Waals surface area (Å²) < 4.78 is 15.9. The first-order valence-electron chi connectivity index (χ1n) is 9.06. The topological polar surface area (TPSA) is 132 Å². The maximum absolute atomic E-state index is 12.1. The fourth-order valence-electron chi connectivity index (χ4n) is 2.18. The molecule has 0 aromatic rings. The largest absolute Gasteiger partial charge is 0.382 e. The van der Waals surface area contributed by atoms with Crippen molar-refractivity contribution in [2.45, 2.75) is 57.7 Å². The molecule has 0 saturated heterocycles. The first-order valence-corrected chi connectivity index (χ1v) is 9.06. The molecule has 0 spiro atoms. The number of methoxy groups -OCH3 is 1. The quantitative estimate of drug-likeness (QED) is 0.158. The molecule has 0 heterocycles. The number of ether oxygens (including phenoxy) is 3. The Labute approximate surface area is 155 Å². The summed E-state index contributed by atoms with van der Waals surface area (Å²) in [6, 6.07) is -1.13. The molecule has 9 heteroatoms. The van der Waals surface area contributed by atoms with Gasteiger partial charge in [-0.25, -0.2) is 5.48 Å². The van der Waals surface area contributed by atoms with Crippen LogP contribution in [0, 0.1) is 0 Å². The average molecular weight is 377 g/mol. The summed E-state index contributed by atoms with van der Waals surface area (Å²) in [7, 11) is 1.64. The second-order valence-corrected chi connectivity index (χ2v) is 6.19. The van der Waals surface area contributed by atoms with E-state index in [1.165, 1.54) is 5.48 Å². The summed E-state index contributed by atoms with van der Waals surface area (Å²) in [5, 5.41) is 11.6. The molecule has 0 aliphatic rings. The number of hydrogen-bond donors (Lipinski definition) is 4. The summed E-state index contributed by atoms with van der Waals surface area (Å²) in [6.07, 6.45) is 1.88. The standard InChI is InChI=1S/C17H35N3O6/c1-13(26-10-4-9-25-12-11-24-3)7-8-19-14(2)17(22)15(18)5-6-16(21)20-23/h13-15,19,23H,4-12,18H2,1-3H3,(H,20,21)/t13?,14?,15-/m1/s1. The number of carbonyl (C=O) groups excluding carboxylic acids is 2. The Balaban J connectivity index is 3.73. The molecule has 2 unspecified atom stereocenters. The van der Waals surface area contributed by atoms with Gasteiger partial charge in [-0.3, -0.25) is 14.8 Å². The summed E-state index contributed by atoms with van der Waals surface area (Å²) in [5.74, 6) is -0.707. The normalized spacial score (nSPS) is 14.7. The van der Waals surface area contributed by atoms with E-state index in [1.54, 1.807) is 14.0 Å². The Kier molecular flexibility index (Phi) is 15.4. The van der Waals surface area contributed by atoms with Gasteiger partial charge in [-0.15, -0.1) is 0 Å². The van der Waals surface area contributed by atoms with Crippen molar-refractivity contribution in [1.29, 1.82) is 0 Å². The van der Waals surface area contributed by atoms with Crippen molar-refractivity contribution in [3.63, 3.8) is 0 Å². The average Bonchev–Trinajstić information content (AvgIpc) is 2.64. The van der Waals surface area contributed by atoms with Crippen molar-refractivity contribution in [2.24, 2.45) is 5.73 Å². The third-order valence-corrected chi connectivity index (χ3v) is 3.87. The Morgan fingerprint density at radius 2 is 1.85 bits per heavy atom. The molecule has 154 valence electrons. The summed E-state index contributed by atoms with van der Waals surface area (Å²) in [4.78, 5) is 23.1. The number of hydroxylamine groups is 1. The molecular formula is C17H35N3O6. The highest BCUT2D eigenvalue weighted by Crippen LogP contribution is 2.02. The zero-order valence-electron chi connectivity index (χ0n) is 16.2. The predicted octanol–water partition coefficient (Wildman–Crippen LogP) is -0.00520. The van der Waals surface area contributed by atoms with E-state index in [-0.39, 0.29) is 24.7 Å². The molecule has 0 aromatic heterocycles. The molecule has 9 nitrogen and oxygen atoms in total. The van der Waals surface area contributed by atoms with Gasteiger partial charge >= 0.3 is 0 Å². The molecule has 0 aliphatic heterocycles. The van der Waals surface area contributed by atoms with Gasteiger partial charge in [0.05, 0.1) is 31.4 Å². The van der Waals surface area contributed by atoms with Crippen molar-refractivity contribution < 1.29 is 29.0 Å². The van der Waals surface area contributed by atoms with Crippen LogP contribution in [0.3, 0.4) is 0 Å². The van der Waals surface area contributed by atoms with Crippen molar-refractivity contribution >= 4 is 11.7 Å². The smallest absolute Gasteiger partial charge is 0.243 e. The first-order chi connectivity index (χ1) is 12.4. The van der Waals surface area contributed by atoms with Gasteiger partial charge in [0.25, 0.3) is 0 Å². The second kappa shape index (κ2) is 16.1. The molecule has 0 bridgehead atoms. The SMILES string of the molecule is COCCOCCCOC(C)CCNC(C)C(=O)[C@H](N)CCC(=O)NO. The van der Waals surface area contributed by atoms with Gasteiger partial charge in [-0.05, 0) is 39.7 Å². The molecule has 0 radical (unpaired) electrons. The zero-order valence-corrected chi connectivity index (χ0v) is 16.2. The second-order valence-electron chi connectivity index (χ2n) is 6.19. The van der Waals surface area contributed by atoms with Crippen LogP contribution in [0.2, 0.25) is 0 Å². The maximum atomic E-state index is 12.1. The number of nitrogens with one attached hydrogen (secondary N) is 2. The molecule has 0 rings (SSSR count). The van der Waals surface area contributed by atoms with Crippen molar-refractivity contribution in [2.75, 3.05) is 40.1 Å². The van der Waals surface area contributed by atoms with Crippen molar-refractivity contribution in [3.8, 4) is 0 Å². The Bertz CT molecular complexity index is 384. The van der Waals surface area contributed by atoms with E-state index >= 15 is 0 Å². The van der Waals surface area contributed by atoms with Crippen LogP contribution >= 0.6 is 0 Å². The van der Waals surface area contributed by atoms with Crippen LogP contribution in [-0.2, 0) is 23.8 Å². The van der Waals surface area contributed by atoms with Gasteiger partial charge in [0.2, 0.25) is 5.91 Å². The van der Waals surface area contributed by atoms with Crippen molar-refractivity contribution in [3.05, 3.63) is 0 Å². The lowest BCUT2D eigenvalue weighted by Crippen LogP contribution is -2.45. The number of carbonyl (C=O) groups is 2. The minimum absolute atomic E-state index is 0.0101. The molecular weight excluding hydrogens is 342 g/mol. The van der Waals surface area contributed by atoms with E-state index in [1.807, 2.05) is 6.92 Å². The number of nitrogens with two attached hydrogens (primary N) is 1. The third kappa shape index (κ3) is 13.2. The van der Waals surface area contributed by atoms with Gasteiger partial charge in [0.1, 0.15) is 0 Å². The monoisotopic (exact) mass is 377 g/mol. The van der Waals surface area contributed by atoms with Crippen LogP contribution < -0.4 is 16.5 Å².